The number of carbonyl (C=O) groups is 4. The number of ketones is 1. The number of cyclic esters (lactones) is 1. The summed E-state index contributed by atoms with van der Waals surface area (Å²) in [5.74, 6) is -2.62. The van der Waals surface area contributed by atoms with E-state index in [0.717, 1.165) is 0 Å². The molecular weight excluding hydrogens is 364 g/mol. The Balaban J connectivity index is 2.20. The minimum absolute atomic E-state index is 0.121. The van der Waals surface area contributed by atoms with Gasteiger partial charge in [-0.3, -0.25) is 19.2 Å². The number of fused-ring (bicyclic) bond motifs is 1. The number of Topliss-reactive ketones (excluding diaryl/α,β-unsaturated/α-hetero) is 1. The number of carbonyl (C=O) groups excluding carboxylic acids is 4. The second-order valence-corrected chi connectivity index (χ2v) is 9.40. The van der Waals surface area contributed by atoms with E-state index in [0.29, 0.717) is 19.3 Å². The third-order valence-electron chi connectivity index (χ3n) is 6.80. The monoisotopic (exact) mass is 394 g/mol. The molecule has 5 atom stereocenters. The van der Waals surface area contributed by atoms with E-state index in [2.05, 4.69) is 0 Å². The molecule has 1 saturated heterocycles. The molecule has 3 aliphatic rings. The summed E-state index contributed by atoms with van der Waals surface area (Å²) >= 11 is 0. The lowest BCUT2D eigenvalue weighted by molar-refractivity contribution is -0.181. The van der Waals surface area contributed by atoms with Crippen molar-refractivity contribution in [3.63, 3.8) is 0 Å². The van der Waals surface area contributed by atoms with E-state index in [1.54, 1.807) is 6.92 Å². The van der Waals surface area contributed by atoms with Crippen LogP contribution in [0.3, 0.4) is 0 Å². The molecular formula is C21H30O7. The van der Waals surface area contributed by atoms with E-state index in [1.807, 2.05) is 20.8 Å². The molecule has 28 heavy (non-hydrogen) atoms. The van der Waals surface area contributed by atoms with Gasteiger partial charge in [-0.05, 0) is 31.6 Å². The van der Waals surface area contributed by atoms with E-state index in [9.17, 15) is 19.2 Å². The summed E-state index contributed by atoms with van der Waals surface area (Å²) < 4.78 is 16.7. The van der Waals surface area contributed by atoms with Crippen LogP contribution in [0.25, 0.3) is 0 Å². The maximum Gasteiger partial charge on any atom is 0.317 e. The Morgan fingerprint density at radius 2 is 1.89 bits per heavy atom. The molecule has 0 bridgehead atoms. The lowest BCUT2D eigenvalue weighted by Crippen LogP contribution is -2.57. The molecule has 7 nitrogen and oxygen atoms in total. The van der Waals surface area contributed by atoms with Gasteiger partial charge in [-0.2, -0.15) is 0 Å². The van der Waals surface area contributed by atoms with Gasteiger partial charge in [0.2, 0.25) is 0 Å². The number of ether oxygens (including phenoxy) is 3. The fourth-order valence-electron chi connectivity index (χ4n) is 6.19. The summed E-state index contributed by atoms with van der Waals surface area (Å²) in [6.07, 6.45) is 0.662. The number of hydrogen-bond acceptors (Lipinski definition) is 7. The Hall–Kier alpha value is -1.92. The van der Waals surface area contributed by atoms with Gasteiger partial charge in [-0.1, -0.05) is 20.8 Å². The highest BCUT2D eigenvalue weighted by Gasteiger charge is 2.76. The lowest BCUT2D eigenvalue weighted by atomic mass is 9.53. The first-order valence-corrected chi connectivity index (χ1v) is 10.1. The van der Waals surface area contributed by atoms with Crippen LogP contribution in [0, 0.1) is 22.2 Å². The van der Waals surface area contributed by atoms with Crippen molar-refractivity contribution < 1.29 is 33.4 Å². The molecule has 156 valence electrons. The second-order valence-electron chi connectivity index (χ2n) is 9.40. The van der Waals surface area contributed by atoms with E-state index in [1.165, 1.54) is 6.92 Å². The molecule has 0 radical (unpaired) electrons. The molecule has 2 spiro atoms. The molecule has 2 saturated carbocycles. The van der Waals surface area contributed by atoms with Crippen molar-refractivity contribution in [2.24, 2.45) is 22.2 Å². The highest BCUT2D eigenvalue weighted by atomic mass is 16.6. The standard InChI is InChI=1S/C21H30O7/c1-6-26-17(25)16-13(23)7-10-21(16)14(27-12(2)22)8-9-20(21)11-15(24)28-18(20)19(3,4)5/h14,16,18H,6-11H2,1-5H3/t14-,16+,18+,20+,21+/m0/s1. The third-order valence-corrected chi connectivity index (χ3v) is 6.80. The summed E-state index contributed by atoms with van der Waals surface area (Å²) in [4.78, 5) is 50.1. The van der Waals surface area contributed by atoms with E-state index < -0.39 is 46.3 Å². The van der Waals surface area contributed by atoms with Gasteiger partial charge < -0.3 is 14.2 Å². The summed E-state index contributed by atoms with van der Waals surface area (Å²) in [5, 5.41) is 0. The average Bonchev–Trinajstić information content (AvgIpc) is 3.18. The zero-order chi connectivity index (χ0) is 20.9. The second kappa shape index (κ2) is 6.85. The Morgan fingerprint density at radius 1 is 1.21 bits per heavy atom. The van der Waals surface area contributed by atoms with Gasteiger partial charge in [0.25, 0.3) is 0 Å². The molecule has 2 aliphatic carbocycles. The lowest BCUT2D eigenvalue weighted by Gasteiger charge is -2.50. The predicted octanol–water partition coefficient (Wildman–Crippen LogP) is 2.59. The maximum atomic E-state index is 12.9. The molecule has 0 N–H and O–H groups in total. The summed E-state index contributed by atoms with van der Waals surface area (Å²) in [6, 6.07) is 0. The zero-order valence-electron chi connectivity index (χ0n) is 17.3. The Morgan fingerprint density at radius 3 is 2.46 bits per heavy atom. The molecule has 0 aromatic carbocycles. The van der Waals surface area contributed by atoms with Crippen molar-refractivity contribution in [3.8, 4) is 0 Å². The molecule has 3 rings (SSSR count). The number of esters is 3. The predicted molar refractivity (Wildman–Crippen MR) is 98.0 cm³/mol. The minimum Gasteiger partial charge on any atom is -0.465 e. The Labute approximate surface area is 165 Å². The highest BCUT2D eigenvalue weighted by molar-refractivity contribution is 6.02. The van der Waals surface area contributed by atoms with Crippen LogP contribution in [-0.4, -0.2) is 42.5 Å². The van der Waals surface area contributed by atoms with Gasteiger partial charge >= 0.3 is 17.9 Å². The SMILES string of the molecule is CCOC(=O)[C@H]1C(=O)CC[C@@]12[C@@H](OC(C)=O)CC[C@]21CC(=O)O[C@@H]1C(C)(C)C. The van der Waals surface area contributed by atoms with Gasteiger partial charge in [-0.15, -0.1) is 0 Å². The van der Waals surface area contributed by atoms with Crippen molar-refractivity contribution >= 4 is 23.7 Å². The van der Waals surface area contributed by atoms with Gasteiger partial charge in [0.15, 0.2) is 0 Å². The summed E-state index contributed by atoms with van der Waals surface area (Å²) in [7, 11) is 0. The summed E-state index contributed by atoms with van der Waals surface area (Å²) in [6.45, 7) is 9.13. The van der Waals surface area contributed by atoms with Gasteiger partial charge in [-0.25, -0.2) is 0 Å². The van der Waals surface area contributed by atoms with Crippen LogP contribution >= 0.6 is 0 Å². The minimum atomic E-state index is -1.04. The molecule has 0 aromatic rings. The molecule has 1 aliphatic heterocycles. The van der Waals surface area contributed by atoms with Crippen LogP contribution in [0.4, 0.5) is 0 Å². The third kappa shape index (κ3) is 2.85. The number of hydrogen-bond donors (Lipinski definition) is 0. The fraction of sp³-hybridized carbons (Fsp3) is 0.810. The normalized spacial score (nSPS) is 37.5. The maximum absolute atomic E-state index is 12.9. The zero-order valence-corrected chi connectivity index (χ0v) is 17.3. The van der Waals surface area contributed by atoms with Crippen LogP contribution in [0.1, 0.15) is 66.7 Å². The quantitative estimate of drug-likeness (QED) is 0.412. The molecule has 1 heterocycles. The first-order chi connectivity index (χ1) is 13.0. The smallest absolute Gasteiger partial charge is 0.317 e. The van der Waals surface area contributed by atoms with Crippen molar-refractivity contribution in [2.45, 2.75) is 78.9 Å². The van der Waals surface area contributed by atoms with Crippen LogP contribution in [-0.2, 0) is 33.4 Å². The van der Waals surface area contributed by atoms with E-state index in [4.69, 9.17) is 14.2 Å². The molecule has 0 amide bonds. The molecule has 0 aromatic heterocycles. The van der Waals surface area contributed by atoms with Crippen LogP contribution in [0.15, 0.2) is 0 Å². The van der Waals surface area contributed by atoms with Crippen LogP contribution in [0.5, 0.6) is 0 Å². The number of rotatable bonds is 3. The van der Waals surface area contributed by atoms with E-state index in [-0.39, 0.29) is 31.2 Å². The fourth-order valence-corrected chi connectivity index (χ4v) is 6.19. The topological polar surface area (TPSA) is 96.0 Å². The van der Waals surface area contributed by atoms with Gasteiger partial charge in [0, 0.05) is 24.2 Å². The first-order valence-electron chi connectivity index (χ1n) is 10.1. The molecule has 3 fully saturated rings. The highest BCUT2D eigenvalue weighted by Crippen LogP contribution is 2.70. The van der Waals surface area contributed by atoms with Crippen molar-refractivity contribution in [2.75, 3.05) is 6.61 Å². The van der Waals surface area contributed by atoms with E-state index >= 15 is 0 Å². The van der Waals surface area contributed by atoms with Crippen molar-refractivity contribution in [1.29, 1.82) is 0 Å². The van der Waals surface area contributed by atoms with Crippen molar-refractivity contribution in [3.05, 3.63) is 0 Å². The Kier molecular flexibility index (Phi) is 5.09. The molecule has 0 unspecified atom stereocenters. The van der Waals surface area contributed by atoms with Crippen LogP contribution < -0.4 is 0 Å². The molecule has 7 heteroatoms. The largest absolute Gasteiger partial charge is 0.465 e. The van der Waals surface area contributed by atoms with Gasteiger partial charge in [0.05, 0.1) is 13.0 Å². The van der Waals surface area contributed by atoms with Crippen molar-refractivity contribution in [1.82, 2.24) is 0 Å². The average molecular weight is 394 g/mol. The van der Waals surface area contributed by atoms with Crippen LogP contribution in [0.2, 0.25) is 0 Å². The van der Waals surface area contributed by atoms with Gasteiger partial charge in [0.1, 0.15) is 23.9 Å². The first kappa shape index (κ1) is 20.8. The Bertz CT molecular complexity index is 706. The summed E-state index contributed by atoms with van der Waals surface area (Å²) in [5.41, 5.74) is -2.12.